The average molecular weight is 348 g/mol. The number of benzene rings is 2. The summed E-state index contributed by atoms with van der Waals surface area (Å²) in [5.41, 5.74) is -0.897. The molecule has 26 heavy (non-hydrogen) atoms. The van der Waals surface area contributed by atoms with Crippen LogP contribution in [0, 0.1) is 16.7 Å². The van der Waals surface area contributed by atoms with Gasteiger partial charge in [0.1, 0.15) is 11.2 Å². The van der Waals surface area contributed by atoms with Gasteiger partial charge in [0, 0.05) is 22.5 Å². The maximum atomic E-state index is 13.3. The SMILES string of the molecule is CC(C)(C)C(=O)[C@@]12C(=O)Oc3ccccc3[C@@H]1[C@H]2C(=O)c1ccccc1. The summed E-state index contributed by atoms with van der Waals surface area (Å²) in [7, 11) is 0. The van der Waals surface area contributed by atoms with Gasteiger partial charge in [0.15, 0.2) is 11.6 Å². The van der Waals surface area contributed by atoms with Gasteiger partial charge in [-0.15, -0.1) is 0 Å². The molecule has 2 aromatic rings. The van der Waals surface area contributed by atoms with Crippen molar-refractivity contribution in [3.8, 4) is 5.75 Å². The van der Waals surface area contributed by atoms with E-state index >= 15 is 0 Å². The highest BCUT2D eigenvalue weighted by Crippen LogP contribution is 2.71. The first-order valence-electron chi connectivity index (χ1n) is 8.75. The number of carbonyl (C=O) groups is 3. The van der Waals surface area contributed by atoms with E-state index in [0.29, 0.717) is 11.3 Å². The third kappa shape index (κ3) is 2.11. The molecule has 4 nitrogen and oxygen atoms in total. The van der Waals surface area contributed by atoms with Crippen LogP contribution in [0.5, 0.6) is 5.75 Å². The van der Waals surface area contributed by atoms with Gasteiger partial charge >= 0.3 is 5.97 Å². The second-order valence-electron chi connectivity index (χ2n) is 8.06. The van der Waals surface area contributed by atoms with Crippen LogP contribution < -0.4 is 4.74 Å². The van der Waals surface area contributed by atoms with Crippen molar-refractivity contribution in [3.63, 3.8) is 0 Å². The summed E-state index contributed by atoms with van der Waals surface area (Å²) >= 11 is 0. The second-order valence-corrected chi connectivity index (χ2v) is 8.06. The summed E-state index contributed by atoms with van der Waals surface area (Å²) in [6.07, 6.45) is 0. The highest BCUT2D eigenvalue weighted by molar-refractivity contribution is 6.20. The molecular weight excluding hydrogens is 328 g/mol. The van der Waals surface area contributed by atoms with Crippen molar-refractivity contribution in [2.75, 3.05) is 0 Å². The Balaban J connectivity index is 1.87. The predicted octanol–water partition coefficient (Wildman–Crippen LogP) is 3.80. The lowest BCUT2D eigenvalue weighted by molar-refractivity contribution is -0.151. The summed E-state index contributed by atoms with van der Waals surface area (Å²) in [5.74, 6) is -1.74. The molecule has 0 saturated heterocycles. The standard InChI is InChI=1S/C22H20O4/c1-21(2,3)19(24)22-16(14-11-7-8-12-15(14)26-20(22)25)17(22)18(23)13-9-5-4-6-10-13/h4-12,16-17H,1-3H3/t16-,17+,22-/m1/s1. The Morgan fingerprint density at radius 2 is 1.58 bits per heavy atom. The summed E-state index contributed by atoms with van der Waals surface area (Å²) < 4.78 is 5.51. The zero-order chi connectivity index (χ0) is 18.7. The molecule has 0 radical (unpaired) electrons. The fraction of sp³-hybridized carbons (Fsp3) is 0.318. The van der Waals surface area contributed by atoms with Crippen molar-refractivity contribution in [1.82, 2.24) is 0 Å². The molecule has 2 aromatic carbocycles. The molecule has 0 unspecified atom stereocenters. The number of hydrogen-bond acceptors (Lipinski definition) is 4. The lowest BCUT2D eigenvalue weighted by Crippen LogP contribution is -2.42. The predicted molar refractivity (Wildman–Crippen MR) is 96.0 cm³/mol. The largest absolute Gasteiger partial charge is 0.425 e. The normalized spacial score (nSPS) is 26.3. The number of hydrogen-bond donors (Lipinski definition) is 0. The first kappa shape index (κ1) is 16.7. The van der Waals surface area contributed by atoms with Crippen molar-refractivity contribution in [1.29, 1.82) is 0 Å². The summed E-state index contributed by atoms with van der Waals surface area (Å²) in [6.45, 7) is 5.33. The molecule has 3 atom stereocenters. The van der Waals surface area contributed by atoms with Gasteiger partial charge in [0.05, 0.1) is 5.92 Å². The van der Waals surface area contributed by atoms with Gasteiger partial charge in [-0.1, -0.05) is 69.3 Å². The Labute approximate surface area is 152 Å². The van der Waals surface area contributed by atoms with Crippen molar-refractivity contribution in [2.45, 2.75) is 26.7 Å². The van der Waals surface area contributed by atoms with E-state index in [1.807, 2.05) is 18.2 Å². The lowest BCUT2D eigenvalue weighted by atomic mass is 9.77. The van der Waals surface area contributed by atoms with Crippen molar-refractivity contribution >= 4 is 17.5 Å². The lowest BCUT2D eigenvalue weighted by Gasteiger charge is -2.27. The van der Waals surface area contributed by atoms with Crippen molar-refractivity contribution < 1.29 is 19.1 Å². The number of ketones is 2. The van der Waals surface area contributed by atoms with Gasteiger partial charge in [0.25, 0.3) is 0 Å². The molecule has 2 aliphatic rings. The maximum absolute atomic E-state index is 13.3. The molecule has 1 heterocycles. The molecule has 0 spiro atoms. The van der Waals surface area contributed by atoms with E-state index in [2.05, 4.69) is 0 Å². The smallest absolute Gasteiger partial charge is 0.326 e. The quantitative estimate of drug-likeness (QED) is 0.366. The van der Waals surface area contributed by atoms with Crippen LogP contribution in [0.4, 0.5) is 0 Å². The second kappa shape index (κ2) is 5.37. The molecule has 1 fully saturated rings. The Kier molecular flexibility index (Phi) is 3.45. The molecule has 4 rings (SSSR count). The Hall–Kier alpha value is -2.75. The van der Waals surface area contributed by atoms with Crippen LogP contribution in [0.15, 0.2) is 54.6 Å². The van der Waals surface area contributed by atoms with Gasteiger partial charge in [-0.05, 0) is 6.07 Å². The molecule has 0 bridgehead atoms. The minimum Gasteiger partial charge on any atom is -0.425 e. The Morgan fingerprint density at radius 3 is 2.23 bits per heavy atom. The van der Waals surface area contributed by atoms with Crippen LogP contribution in [0.1, 0.15) is 42.6 Å². The average Bonchev–Trinajstić information content (AvgIpc) is 3.32. The zero-order valence-electron chi connectivity index (χ0n) is 15.0. The third-order valence-electron chi connectivity index (χ3n) is 5.40. The molecule has 1 aliphatic carbocycles. The fourth-order valence-electron chi connectivity index (χ4n) is 4.22. The maximum Gasteiger partial charge on any atom is 0.326 e. The van der Waals surface area contributed by atoms with Gasteiger partial charge in [-0.2, -0.15) is 0 Å². The van der Waals surface area contributed by atoms with Crippen LogP contribution in [0.2, 0.25) is 0 Å². The summed E-state index contributed by atoms with van der Waals surface area (Å²) in [6, 6.07) is 16.0. The number of rotatable bonds is 3. The van der Waals surface area contributed by atoms with Gasteiger partial charge in [0.2, 0.25) is 0 Å². The summed E-state index contributed by atoms with van der Waals surface area (Å²) in [5, 5.41) is 0. The van der Waals surface area contributed by atoms with Crippen LogP contribution in [-0.4, -0.2) is 17.5 Å². The molecule has 0 amide bonds. The molecule has 0 aromatic heterocycles. The van der Waals surface area contributed by atoms with Crippen molar-refractivity contribution in [3.05, 3.63) is 65.7 Å². The van der Waals surface area contributed by atoms with Gasteiger partial charge < -0.3 is 4.74 Å². The van der Waals surface area contributed by atoms with E-state index in [4.69, 9.17) is 4.74 Å². The highest BCUT2D eigenvalue weighted by atomic mass is 16.5. The van der Waals surface area contributed by atoms with Crippen molar-refractivity contribution in [2.24, 2.45) is 16.7 Å². The minimum atomic E-state index is -1.42. The molecule has 0 N–H and O–H groups in total. The van der Waals surface area contributed by atoms with Crippen LogP contribution >= 0.6 is 0 Å². The molecule has 132 valence electrons. The molecule has 1 aliphatic heterocycles. The van der Waals surface area contributed by atoms with E-state index in [1.165, 1.54) is 0 Å². The first-order valence-corrected chi connectivity index (χ1v) is 8.75. The monoisotopic (exact) mass is 348 g/mol. The number of esters is 1. The Morgan fingerprint density at radius 1 is 0.962 bits per heavy atom. The first-order chi connectivity index (χ1) is 12.3. The molecular formula is C22H20O4. The highest BCUT2D eigenvalue weighted by Gasteiger charge is 2.80. The van der Waals surface area contributed by atoms with Gasteiger partial charge in [-0.3, -0.25) is 14.4 Å². The van der Waals surface area contributed by atoms with E-state index in [9.17, 15) is 14.4 Å². The fourth-order valence-corrected chi connectivity index (χ4v) is 4.22. The van der Waals surface area contributed by atoms with Crippen LogP contribution in [-0.2, 0) is 9.59 Å². The molecule has 4 heteroatoms. The van der Waals surface area contributed by atoms with E-state index in [0.717, 1.165) is 5.56 Å². The summed E-state index contributed by atoms with van der Waals surface area (Å²) in [4.78, 5) is 39.5. The molecule has 1 saturated carbocycles. The minimum absolute atomic E-state index is 0.179. The van der Waals surface area contributed by atoms with E-state index < -0.39 is 28.6 Å². The number of carbonyl (C=O) groups excluding carboxylic acids is 3. The van der Waals surface area contributed by atoms with E-state index in [-0.39, 0.29) is 11.6 Å². The third-order valence-corrected chi connectivity index (χ3v) is 5.40. The number of ether oxygens (including phenoxy) is 1. The number of para-hydroxylation sites is 1. The number of Topliss-reactive ketones (excluding diaryl/α,β-unsaturated/α-hetero) is 2. The topological polar surface area (TPSA) is 60.4 Å². The Bertz CT molecular complexity index is 923. The van der Waals surface area contributed by atoms with Gasteiger partial charge in [-0.25, -0.2) is 0 Å². The number of fused-ring (bicyclic) bond motifs is 3. The zero-order valence-corrected chi connectivity index (χ0v) is 15.0. The van der Waals surface area contributed by atoms with Crippen LogP contribution in [0.25, 0.3) is 0 Å². The van der Waals surface area contributed by atoms with Crippen LogP contribution in [0.3, 0.4) is 0 Å². The van der Waals surface area contributed by atoms with E-state index in [1.54, 1.807) is 57.2 Å².